The molecule has 28 heavy (non-hydrogen) atoms. The molecule has 3 N–H and O–H groups in total. The Bertz CT molecular complexity index is 882. The van der Waals surface area contributed by atoms with Gasteiger partial charge in [0, 0.05) is 22.9 Å². The highest BCUT2D eigenvalue weighted by Crippen LogP contribution is 2.32. The lowest BCUT2D eigenvalue weighted by molar-refractivity contribution is 0.629. The number of hydrogen-bond acceptors (Lipinski definition) is 4. The van der Waals surface area contributed by atoms with Crippen molar-refractivity contribution in [3.8, 4) is 0 Å². The molecule has 4 nitrogen and oxygen atoms in total. The van der Waals surface area contributed by atoms with Gasteiger partial charge in [0.25, 0.3) is 0 Å². The molecular weight excluding hydrogens is 371 g/mol. The molecule has 1 aliphatic heterocycles. The Morgan fingerprint density at radius 1 is 1.29 bits per heavy atom. The van der Waals surface area contributed by atoms with Gasteiger partial charge in [-0.3, -0.25) is 4.99 Å². The van der Waals surface area contributed by atoms with Crippen LogP contribution in [-0.2, 0) is 0 Å². The molecule has 0 bridgehead atoms. The van der Waals surface area contributed by atoms with Crippen LogP contribution in [0, 0.1) is 11.2 Å². The number of hydrogen-bond donors (Lipinski definition) is 3. The zero-order chi connectivity index (χ0) is 19.5. The minimum Gasteiger partial charge on any atom is -0.381 e. The second-order valence-electron chi connectivity index (χ2n) is 8.02. The number of aromatic nitrogens is 1. The van der Waals surface area contributed by atoms with Gasteiger partial charge in [-0.2, -0.15) is 0 Å². The molecule has 1 aliphatic carbocycles. The Kier molecular flexibility index (Phi) is 6.04. The number of benzene rings is 1. The topological polar surface area (TPSA) is 64.0 Å². The standard InChI is InChI=1S/C22H29FN4S/c1-2-5-16(24)8-9-18-13-28-22(26-18)20-11-14-10-15(23)12-19(21(14)27-20)25-17-6-3-4-7-17/h10-12,17-18,24-25,27H,2-9,13H2,1H3/t18-/m1/s1. The Morgan fingerprint density at radius 3 is 2.89 bits per heavy atom. The molecule has 1 aromatic heterocycles. The van der Waals surface area contributed by atoms with Crippen LogP contribution in [0.3, 0.4) is 0 Å². The van der Waals surface area contributed by atoms with E-state index in [9.17, 15) is 4.39 Å². The summed E-state index contributed by atoms with van der Waals surface area (Å²) in [6.45, 7) is 2.12. The number of nitrogens with zero attached hydrogens (tertiary/aromatic N) is 1. The first kappa shape index (κ1) is 19.5. The molecule has 1 saturated carbocycles. The third-order valence-electron chi connectivity index (χ3n) is 5.68. The predicted molar refractivity (Wildman–Crippen MR) is 119 cm³/mol. The lowest BCUT2D eigenvalue weighted by Crippen LogP contribution is -2.14. The first-order valence-corrected chi connectivity index (χ1v) is 11.5. The molecule has 0 unspecified atom stereocenters. The summed E-state index contributed by atoms with van der Waals surface area (Å²) in [5.74, 6) is 0.762. The van der Waals surface area contributed by atoms with Gasteiger partial charge in [0.2, 0.25) is 0 Å². The van der Waals surface area contributed by atoms with Crippen molar-refractivity contribution in [2.45, 2.75) is 70.4 Å². The second kappa shape index (κ2) is 8.68. The smallest absolute Gasteiger partial charge is 0.126 e. The number of thioether (sulfide) groups is 1. The monoisotopic (exact) mass is 400 g/mol. The van der Waals surface area contributed by atoms with Crippen molar-refractivity contribution in [3.05, 3.63) is 29.7 Å². The molecule has 1 fully saturated rings. The number of aliphatic imine (C=N–C) groups is 1. The van der Waals surface area contributed by atoms with Gasteiger partial charge in [-0.05, 0) is 50.3 Å². The maximum absolute atomic E-state index is 14.1. The molecule has 1 aromatic carbocycles. The number of halogens is 1. The van der Waals surface area contributed by atoms with E-state index in [-0.39, 0.29) is 11.9 Å². The van der Waals surface area contributed by atoms with Gasteiger partial charge in [-0.15, -0.1) is 11.8 Å². The Hall–Kier alpha value is -1.82. The van der Waals surface area contributed by atoms with Crippen LogP contribution in [0.5, 0.6) is 0 Å². The first-order valence-electron chi connectivity index (χ1n) is 10.5. The Labute approximate surface area is 170 Å². The summed E-state index contributed by atoms with van der Waals surface area (Å²) in [4.78, 5) is 8.37. The van der Waals surface area contributed by atoms with Gasteiger partial charge in [0.1, 0.15) is 10.9 Å². The van der Waals surface area contributed by atoms with Crippen LogP contribution in [0.2, 0.25) is 0 Å². The fraction of sp³-hybridized carbons (Fsp3) is 0.545. The summed E-state index contributed by atoms with van der Waals surface area (Å²) in [6, 6.07) is 5.94. The van der Waals surface area contributed by atoms with Crippen LogP contribution in [-0.4, -0.2) is 33.6 Å². The number of anilines is 1. The average Bonchev–Trinajstić information content (AvgIpc) is 3.40. The van der Waals surface area contributed by atoms with Gasteiger partial charge in [-0.1, -0.05) is 26.2 Å². The summed E-state index contributed by atoms with van der Waals surface area (Å²) in [5, 5.41) is 13.4. The van der Waals surface area contributed by atoms with Crippen LogP contribution in [0.25, 0.3) is 10.9 Å². The maximum atomic E-state index is 14.1. The third kappa shape index (κ3) is 4.43. The summed E-state index contributed by atoms with van der Waals surface area (Å²) < 4.78 is 14.1. The number of aromatic amines is 1. The molecule has 6 heteroatoms. The highest BCUT2D eigenvalue weighted by molar-refractivity contribution is 8.14. The maximum Gasteiger partial charge on any atom is 0.126 e. The van der Waals surface area contributed by atoms with E-state index < -0.39 is 0 Å². The highest BCUT2D eigenvalue weighted by atomic mass is 32.2. The van der Waals surface area contributed by atoms with Crippen LogP contribution in [0.4, 0.5) is 10.1 Å². The van der Waals surface area contributed by atoms with Crippen molar-refractivity contribution in [1.82, 2.24) is 4.98 Å². The molecule has 2 aliphatic rings. The van der Waals surface area contributed by atoms with E-state index in [2.05, 4.69) is 17.2 Å². The Morgan fingerprint density at radius 2 is 2.11 bits per heavy atom. The SMILES string of the molecule is CCCC(=N)CC[C@@H]1CSC(c2cc3cc(F)cc(NC4CCCC4)c3[nH]2)=N1. The molecule has 0 saturated heterocycles. The molecule has 0 spiro atoms. The van der Waals surface area contributed by atoms with Crippen LogP contribution in [0.15, 0.2) is 23.2 Å². The number of rotatable bonds is 8. The van der Waals surface area contributed by atoms with Crippen molar-refractivity contribution in [2.24, 2.45) is 4.99 Å². The van der Waals surface area contributed by atoms with Crippen LogP contribution >= 0.6 is 11.8 Å². The molecule has 1 atom stereocenters. The zero-order valence-electron chi connectivity index (χ0n) is 16.5. The first-order chi connectivity index (χ1) is 13.6. The summed E-state index contributed by atoms with van der Waals surface area (Å²) in [5.41, 5.74) is 3.65. The van der Waals surface area contributed by atoms with Crippen molar-refractivity contribution in [2.75, 3.05) is 11.1 Å². The second-order valence-corrected chi connectivity index (χ2v) is 9.03. The van der Waals surface area contributed by atoms with Gasteiger partial charge in [0.05, 0.1) is 22.9 Å². The van der Waals surface area contributed by atoms with E-state index in [4.69, 9.17) is 10.4 Å². The Balaban J connectivity index is 1.51. The summed E-state index contributed by atoms with van der Waals surface area (Å²) in [7, 11) is 0. The van der Waals surface area contributed by atoms with E-state index in [0.717, 1.165) is 77.3 Å². The number of nitrogens with one attached hydrogen (secondary N) is 3. The fourth-order valence-electron chi connectivity index (χ4n) is 4.20. The van der Waals surface area contributed by atoms with E-state index in [0.29, 0.717) is 6.04 Å². The lowest BCUT2D eigenvalue weighted by Gasteiger charge is -2.14. The van der Waals surface area contributed by atoms with Crippen molar-refractivity contribution >= 4 is 39.1 Å². The molecule has 0 amide bonds. The highest BCUT2D eigenvalue weighted by Gasteiger charge is 2.22. The van der Waals surface area contributed by atoms with Gasteiger partial charge in [0.15, 0.2) is 0 Å². The molecule has 150 valence electrons. The van der Waals surface area contributed by atoms with Gasteiger partial charge >= 0.3 is 0 Å². The summed E-state index contributed by atoms with van der Waals surface area (Å²) >= 11 is 1.76. The normalized spacial score (nSPS) is 20.1. The van der Waals surface area contributed by atoms with Crippen molar-refractivity contribution in [1.29, 1.82) is 5.41 Å². The largest absolute Gasteiger partial charge is 0.381 e. The quantitative estimate of drug-likeness (QED) is 0.467. The average molecular weight is 401 g/mol. The molecule has 2 heterocycles. The van der Waals surface area contributed by atoms with Crippen molar-refractivity contribution < 1.29 is 4.39 Å². The van der Waals surface area contributed by atoms with Gasteiger partial charge in [-0.25, -0.2) is 4.39 Å². The van der Waals surface area contributed by atoms with E-state index >= 15 is 0 Å². The minimum atomic E-state index is -0.202. The molecule has 0 radical (unpaired) electrons. The predicted octanol–water partition coefficient (Wildman–Crippen LogP) is 6.12. The number of fused-ring (bicyclic) bond motifs is 1. The van der Waals surface area contributed by atoms with E-state index in [1.54, 1.807) is 23.9 Å². The van der Waals surface area contributed by atoms with Gasteiger partial charge < -0.3 is 15.7 Å². The zero-order valence-corrected chi connectivity index (χ0v) is 17.3. The molecular formula is C22H29FN4S. The number of H-pyrrole nitrogens is 1. The van der Waals surface area contributed by atoms with E-state index in [1.165, 1.54) is 12.8 Å². The molecule has 2 aromatic rings. The van der Waals surface area contributed by atoms with Crippen LogP contribution < -0.4 is 5.32 Å². The van der Waals surface area contributed by atoms with Crippen LogP contribution in [0.1, 0.15) is 64.0 Å². The lowest BCUT2D eigenvalue weighted by atomic mass is 10.1. The van der Waals surface area contributed by atoms with Crippen molar-refractivity contribution in [3.63, 3.8) is 0 Å². The minimum absolute atomic E-state index is 0.202. The summed E-state index contributed by atoms with van der Waals surface area (Å²) in [6.07, 6.45) is 8.51. The molecule has 4 rings (SSSR count). The fourth-order valence-corrected chi connectivity index (χ4v) is 5.29. The van der Waals surface area contributed by atoms with E-state index in [1.807, 2.05) is 6.07 Å². The third-order valence-corrected chi connectivity index (χ3v) is 6.83.